The number of hydrogen-bond acceptors (Lipinski definition) is 2. The molecule has 0 aromatic carbocycles. The third-order valence-electron chi connectivity index (χ3n) is 4.70. The molecule has 1 heterocycles. The van der Waals surface area contributed by atoms with Crippen LogP contribution in [0, 0.1) is 23.7 Å². The van der Waals surface area contributed by atoms with E-state index in [0.29, 0.717) is 12.0 Å². The Kier molecular flexibility index (Phi) is 1.86. The maximum Gasteiger partial charge on any atom is 0.136 e. The van der Waals surface area contributed by atoms with Crippen LogP contribution in [0.5, 0.6) is 0 Å². The Morgan fingerprint density at radius 3 is 3.07 bits per heavy atom. The van der Waals surface area contributed by atoms with Crippen LogP contribution in [0.15, 0.2) is 5.16 Å². The second-order valence-corrected chi connectivity index (χ2v) is 5.38. The van der Waals surface area contributed by atoms with Crippen molar-refractivity contribution >= 4 is 5.71 Å². The van der Waals surface area contributed by atoms with Crippen molar-refractivity contribution in [2.75, 3.05) is 0 Å². The number of hydrogen-bond donors (Lipinski definition) is 0. The van der Waals surface area contributed by atoms with Crippen molar-refractivity contribution in [3.8, 4) is 0 Å². The fourth-order valence-corrected chi connectivity index (χ4v) is 3.69. The van der Waals surface area contributed by atoms with E-state index in [1.54, 1.807) is 0 Å². The van der Waals surface area contributed by atoms with Gasteiger partial charge in [-0.05, 0) is 43.4 Å². The third-order valence-corrected chi connectivity index (χ3v) is 4.70. The molecule has 2 aliphatic carbocycles. The Bertz CT molecular complexity index is 273. The van der Waals surface area contributed by atoms with Gasteiger partial charge >= 0.3 is 0 Å². The summed E-state index contributed by atoms with van der Waals surface area (Å²) in [6, 6.07) is 0. The second kappa shape index (κ2) is 2.98. The Morgan fingerprint density at radius 1 is 1.36 bits per heavy atom. The average Bonchev–Trinajstić information content (AvgIpc) is 2.59. The van der Waals surface area contributed by atoms with Gasteiger partial charge in [0, 0.05) is 5.92 Å². The van der Waals surface area contributed by atoms with E-state index in [0.717, 1.165) is 17.8 Å². The van der Waals surface area contributed by atoms with Crippen molar-refractivity contribution < 1.29 is 4.84 Å². The van der Waals surface area contributed by atoms with Crippen LogP contribution in [0.3, 0.4) is 0 Å². The van der Waals surface area contributed by atoms with Gasteiger partial charge in [0.25, 0.3) is 0 Å². The molecule has 3 aliphatic rings. The molecular weight excluding hydrogens is 174 g/mol. The van der Waals surface area contributed by atoms with Crippen LogP contribution in [-0.4, -0.2) is 11.8 Å². The zero-order valence-electron chi connectivity index (χ0n) is 9.07. The number of rotatable bonds is 0. The van der Waals surface area contributed by atoms with E-state index in [1.807, 2.05) is 0 Å². The van der Waals surface area contributed by atoms with Crippen LogP contribution >= 0.6 is 0 Å². The highest BCUT2D eigenvalue weighted by Crippen LogP contribution is 2.48. The van der Waals surface area contributed by atoms with E-state index < -0.39 is 0 Å². The summed E-state index contributed by atoms with van der Waals surface area (Å²) in [6.45, 7) is 4.80. The van der Waals surface area contributed by atoms with E-state index in [4.69, 9.17) is 4.84 Å². The molecule has 0 spiro atoms. The number of nitrogens with zero attached hydrogens (tertiary/aromatic N) is 1. The van der Waals surface area contributed by atoms with E-state index in [1.165, 1.54) is 31.4 Å². The van der Waals surface area contributed by atoms with E-state index in [2.05, 4.69) is 19.0 Å². The lowest BCUT2D eigenvalue weighted by Crippen LogP contribution is -2.44. The monoisotopic (exact) mass is 193 g/mol. The summed E-state index contributed by atoms with van der Waals surface area (Å²) < 4.78 is 0. The zero-order chi connectivity index (χ0) is 9.71. The molecule has 2 saturated carbocycles. The molecular formula is C12H19NO. The quantitative estimate of drug-likeness (QED) is 0.579. The summed E-state index contributed by atoms with van der Waals surface area (Å²) in [4.78, 5) is 5.58. The van der Waals surface area contributed by atoms with E-state index >= 15 is 0 Å². The highest BCUT2D eigenvalue weighted by Gasteiger charge is 2.48. The first-order chi connectivity index (χ1) is 6.77. The van der Waals surface area contributed by atoms with Crippen molar-refractivity contribution in [2.45, 2.75) is 45.6 Å². The smallest absolute Gasteiger partial charge is 0.136 e. The van der Waals surface area contributed by atoms with Crippen LogP contribution < -0.4 is 0 Å². The first kappa shape index (κ1) is 8.75. The molecule has 0 aromatic heterocycles. The van der Waals surface area contributed by atoms with Gasteiger partial charge in [-0.1, -0.05) is 19.0 Å². The van der Waals surface area contributed by atoms with Crippen LogP contribution in [0.25, 0.3) is 0 Å². The van der Waals surface area contributed by atoms with E-state index in [9.17, 15) is 0 Å². The Hall–Kier alpha value is -0.530. The molecule has 0 bridgehead atoms. The van der Waals surface area contributed by atoms with E-state index in [-0.39, 0.29) is 0 Å². The van der Waals surface area contributed by atoms with Gasteiger partial charge in [0.1, 0.15) is 6.10 Å². The van der Waals surface area contributed by atoms with Gasteiger partial charge in [0.15, 0.2) is 0 Å². The second-order valence-electron chi connectivity index (χ2n) is 5.38. The average molecular weight is 193 g/mol. The molecule has 0 radical (unpaired) electrons. The van der Waals surface area contributed by atoms with Crippen molar-refractivity contribution in [2.24, 2.45) is 28.8 Å². The summed E-state index contributed by atoms with van der Waals surface area (Å²) in [5.41, 5.74) is 1.38. The third kappa shape index (κ3) is 1.06. The summed E-state index contributed by atoms with van der Waals surface area (Å²) in [6.07, 6.45) is 5.57. The molecule has 14 heavy (non-hydrogen) atoms. The molecule has 0 saturated heterocycles. The Morgan fingerprint density at radius 2 is 2.21 bits per heavy atom. The van der Waals surface area contributed by atoms with Gasteiger partial charge in [-0.25, -0.2) is 0 Å². The predicted octanol–water partition coefficient (Wildman–Crippen LogP) is 2.83. The fraction of sp³-hybridized carbons (Fsp3) is 0.917. The minimum absolute atomic E-state index is 0.432. The lowest BCUT2D eigenvalue weighted by Gasteiger charge is -2.43. The molecule has 3 rings (SSSR count). The molecule has 0 N–H and O–H groups in total. The normalized spacial score (nSPS) is 50.7. The molecule has 5 atom stereocenters. The molecule has 5 unspecified atom stereocenters. The SMILES string of the molecule is CC1CC2ON=C3CCCC(C1C)C32. The standard InChI is InChI=1S/C12H19NO/c1-7-6-11-12-9(8(7)2)4-3-5-10(12)13-14-11/h7-9,11-12H,3-6H2,1-2H3. The van der Waals surface area contributed by atoms with Gasteiger partial charge in [-0.15, -0.1) is 0 Å². The molecule has 78 valence electrons. The summed E-state index contributed by atoms with van der Waals surface area (Å²) in [7, 11) is 0. The number of oxime groups is 1. The Balaban J connectivity index is 1.91. The lowest BCUT2D eigenvalue weighted by atomic mass is 9.61. The summed E-state index contributed by atoms with van der Waals surface area (Å²) in [5, 5.41) is 4.29. The van der Waals surface area contributed by atoms with Crippen LogP contribution in [0.2, 0.25) is 0 Å². The molecule has 2 fully saturated rings. The first-order valence-corrected chi connectivity index (χ1v) is 6.00. The van der Waals surface area contributed by atoms with Crippen LogP contribution in [0.1, 0.15) is 39.5 Å². The molecule has 0 aromatic rings. The first-order valence-electron chi connectivity index (χ1n) is 6.00. The largest absolute Gasteiger partial charge is 0.392 e. The highest BCUT2D eigenvalue weighted by atomic mass is 16.6. The molecule has 0 amide bonds. The minimum atomic E-state index is 0.432. The molecule has 2 nitrogen and oxygen atoms in total. The van der Waals surface area contributed by atoms with Crippen molar-refractivity contribution in [3.05, 3.63) is 0 Å². The lowest BCUT2D eigenvalue weighted by molar-refractivity contribution is -0.0236. The van der Waals surface area contributed by atoms with Gasteiger partial charge < -0.3 is 4.84 Å². The van der Waals surface area contributed by atoms with Crippen molar-refractivity contribution in [1.29, 1.82) is 0 Å². The topological polar surface area (TPSA) is 21.6 Å². The summed E-state index contributed by atoms with van der Waals surface area (Å²) in [5.74, 6) is 3.23. The fourth-order valence-electron chi connectivity index (χ4n) is 3.69. The van der Waals surface area contributed by atoms with Gasteiger partial charge in [-0.3, -0.25) is 0 Å². The highest BCUT2D eigenvalue weighted by molar-refractivity contribution is 5.89. The van der Waals surface area contributed by atoms with Gasteiger partial charge in [-0.2, -0.15) is 0 Å². The summed E-state index contributed by atoms with van der Waals surface area (Å²) >= 11 is 0. The predicted molar refractivity (Wildman–Crippen MR) is 56.1 cm³/mol. The van der Waals surface area contributed by atoms with Crippen LogP contribution in [-0.2, 0) is 4.84 Å². The molecule has 2 heteroatoms. The van der Waals surface area contributed by atoms with Gasteiger partial charge in [0.05, 0.1) is 5.71 Å². The maximum absolute atomic E-state index is 5.58. The Labute approximate surface area is 85.7 Å². The molecule has 1 aliphatic heterocycles. The minimum Gasteiger partial charge on any atom is -0.392 e. The maximum atomic E-state index is 5.58. The zero-order valence-corrected chi connectivity index (χ0v) is 9.07. The van der Waals surface area contributed by atoms with Crippen LogP contribution in [0.4, 0.5) is 0 Å². The van der Waals surface area contributed by atoms with Crippen molar-refractivity contribution in [3.63, 3.8) is 0 Å². The van der Waals surface area contributed by atoms with Gasteiger partial charge in [0.2, 0.25) is 0 Å². The van der Waals surface area contributed by atoms with Crippen molar-refractivity contribution in [1.82, 2.24) is 0 Å².